The first-order valence-corrected chi connectivity index (χ1v) is 14.8. The molecule has 0 amide bonds. The molecule has 0 saturated heterocycles. The van der Waals surface area contributed by atoms with E-state index in [1.807, 2.05) is 49.1 Å². The van der Waals surface area contributed by atoms with Gasteiger partial charge in [0.15, 0.2) is 0 Å². The minimum Gasteiger partial charge on any atom is -0.265 e. The van der Waals surface area contributed by atoms with Crippen LogP contribution in [0.2, 0.25) is 0 Å². The van der Waals surface area contributed by atoms with Gasteiger partial charge in [-0.3, -0.25) is 9.97 Å². The second-order valence-corrected chi connectivity index (χ2v) is 10.9. The second kappa shape index (κ2) is 11.0. The van der Waals surface area contributed by atoms with E-state index in [2.05, 4.69) is 125 Å². The van der Waals surface area contributed by atoms with Gasteiger partial charge in [0, 0.05) is 35.9 Å². The van der Waals surface area contributed by atoms with Crippen molar-refractivity contribution >= 4 is 21.5 Å². The van der Waals surface area contributed by atoms with Gasteiger partial charge in [-0.25, -0.2) is 4.98 Å². The number of hydrogen-bond acceptors (Lipinski definition) is 3. The van der Waals surface area contributed by atoms with Crippen LogP contribution in [0.1, 0.15) is 0 Å². The lowest BCUT2D eigenvalue weighted by molar-refractivity contribution is 1.27. The first-order chi connectivity index (χ1) is 21.8. The van der Waals surface area contributed by atoms with Gasteiger partial charge in [-0.05, 0) is 97.4 Å². The molecular weight excluding hydrogens is 534 g/mol. The molecule has 0 N–H and O–H groups in total. The van der Waals surface area contributed by atoms with Crippen LogP contribution in [0.5, 0.6) is 0 Å². The van der Waals surface area contributed by atoms with Crippen LogP contribution in [0.3, 0.4) is 0 Å². The maximum Gasteiger partial charge on any atom is 0.0716 e. The number of rotatable bonds is 5. The Hall–Kier alpha value is -5.93. The van der Waals surface area contributed by atoms with Gasteiger partial charge in [-0.15, -0.1) is 0 Å². The van der Waals surface area contributed by atoms with E-state index in [1.165, 1.54) is 43.8 Å². The van der Waals surface area contributed by atoms with Crippen LogP contribution < -0.4 is 0 Å². The zero-order valence-corrected chi connectivity index (χ0v) is 23.9. The topological polar surface area (TPSA) is 38.7 Å². The van der Waals surface area contributed by atoms with Gasteiger partial charge in [0.2, 0.25) is 0 Å². The number of fused-ring (bicyclic) bond motifs is 3. The number of hydrogen-bond donors (Lipinski definition) is 0. The van der Waals surface area contributed by atoms with Gasteiger partial charge in [-0.2, -0.15) is 0 Å². The molecule has 8 aromatic rings. The van der Waals surface area contributed by atoms with E-state index in [4.69, 9.17) is 4.98 Å². The minimum absolute atomic E-state index is 0.907. The van der Waals surface area contributed by atoms with Crippen molar-refractivity contribution in [3.63, 3.8) is 0 Å². The third-order valence-electron chi connectivity index (χ3n) is 8.29. The maximum absolute atomic E-state index is 5.04. The SMILES string of the molecule is c1ccc(-c2cc(-c3ccncc3)nc(-c3ccncc3)c2)c(-c2ccc(-c3cc4ccccc4c4ccccc34)cc2)c1. The Labute approximate surface area is 256 Å². The van der Waals surface area contributed by atoms with Crippen LogP contribution in [0.15, 0.2) is 164 Å². The average Bonchev–Trinajstić information content (AvgIpc) is 3.12. The molecule has 0 unspecified atom stereocenters. The zero-order chi connectivity index (χ0) is 29.3. The molecule has 3 heteroatoms. The Balaban J connectivity index is 1.25. The van der Waals surface area contributed by atoms with Gasteiger partial charge in [0.25, 0.3) is 0 Å². The normalized spacial score (nSPS) is 11.2. The molecule has 0 fully saturated rings. The minimum atomic E-state index is 0.907. The van der Waals surface area contributed by atoms with Crippen molar-refractivity contribution in [3.05, 3.63) is 164 Å². The third kappa shape index (κ3) is 4.71. The molecule has 8 rings (SSSR count). The molecule has 0 spiro atoms. The van der Waals surface area contributed by atoms with Gasteiger partial charge in [-0.1, -0.05) is 97.1 Å². The molecule has 3 nitrogen and oxygen atoms in total. The van der Waals surface area contributed by atoms with Crippen molar-refractivity contribution in [3.8, 4) is 55.9 Å². The monoisotopic (exact) mass is 561 g/mol. The fourth-order valence-electron chi connectivity index (χ4n) is 6.14. The quantitative estimate of drug-likeness (QED) is 0.196. The van der Waals surface area contributed by atoms with Crippen molar-refractivity contribution in [2.45, 2.75) is 0 Å². The maximum atomic E-state index is 5.04. The van der Waals surface area contributed by atoms with E-state index in [0.717, 1.165) is 33.6 Å². The second-order valence-electron chi connectivity index (χ2n) is 10.9. The lowest BCUT2D eigenvalue weighted by Gasteiger charge is -2.15. The van der Waals surface area contributed by atoms with Gasteiger partial charge in [0.1, 0.15) is 0 Å². The molecule has 0 aliphatic rings. The summed E-state index contributed by atoms with van der Waals surface area (Å²) in [6.45, 7) is 0. The van der Waals surface area contributed by atoms with E-state index in [0.29, 0.717) is 0 Å². The molecule has 0 atom stereocenters. The van der Waals surface area contributed by atoms with Crippen LogP contribution in [0.25, 0.3) is 77.4 Å². The summed E-state index contributed by atoms with van der Waals surface area (Å²) in [5.74, 6) is 0. The van der Waals surface area contributed by atoms with Crippen LogP contribution in [-0.2, 0) is 0 Å². The highest BCUT2D eigenvalue weighted by molar-refractivity contribution is 6.13. The molecule has 206 valence electrons. The lowest BCUT2D eigenvalue weighted by atomic mass is 9.90. The molecular formula is C41H27N3. The number of benzene rings is 5. The fraction of sp³-hybridized carbons (Fsp3) is 0. The summed E-state index contributed by atoms with van der Waals surface area (Å²) in [6, 6.07) is 49.6. The molecule has 0 aliphatic heterocycles. The largest absolute Gasteiger partial charge is 0.265 e. The molecule has 0 aliphatic carbocycles. The number of nitrogens with zero attached hydrogens (tertiary/aromatic N) is 3. The highest BCUT2D eigenvalue weighted by Crippen LogP contribution is 2.38. The third-order valence-corrected chi connectivity index (χ3v) is 8.29. The molecule has 3 heterocycles. The predicted molar refractivity (Wildman–Crippen MR) is 182 cm³/mol. The van der Waals surface area contributed by atoms with Gasteiger partial charge >= 0.3 is 0 Å². The van der Waals surface area contributed by atoms with Crippen LogP contribution in [0, 0.1) is 0 Å². The van der Waals surface area contributed by atoms with E-state index < -0.39 is 0 Å². The Morgan fingerprint density at radius 2 is 0.795 bits per heavy atom. The van der Waals surface area contributed by atoms with Crippen molar-refractivity contribution < 1.29 is 0 Å². The molecule has 3 aromatic heterocycles. The van der Waals surface area contributed by atoms with Crippen molar-refractivity contribution in [2.75, 3.05) is 0 Å². The molecule has 0 saturated carbocycles. The molecule has 0 radical (unpaired) electrons. The average molecular weight is 562 g/mol. The standard InChI is InChI=1S/C41H27N3/c1-2-9-35-32(7-1)25-39(38-12-6-5-11-37(35)38)29-15-13-28(14-16-29)34-8-3-4-10-36(34)33-26-40(30-17-21-42-22-18-30)44-41(27-33)31-19-23-43-24-20-31/h1-27H. The predicted octanol–water partition coefficient (Wildman–Crippen LogP) is 10.5. The summed E-state index contributed by atoms with van der Waals surface area (Å²) in [6.07, 6.45) is 7.24. The first-order valence-electron chi connectivity index (χ1n) is 14.8. The Morgan fingerprint density at radius 1 is 0.318 bits per heavy atom. The Kier molecular flexibility index (Phi) is 6.47. The number of aromatic nitrogens is 3. The van der Waals surface area contributed by atoms with Crippen LogP contribution >= 0.6 is 0 Å². The van der Waals surface area contributed by atoms with Gasteiger partial charge in [0.05, 0.1) is 11.4 Å². The van der Waals surface area contributed by atoms with Gasteiger partial charge < -0.3 is 0 Å². The van der Waals surface area contributed by atoms with E-state index in [-0.39, 0.29) is 0 Å². The summed E-state index contributed by atoms with van der Waals surface area (Å²) >= 11 is 0. The highest BCUT2D eigenvalue weighted by Gasteiger charge is 2.14. The summed E-state index contributed by atoms with van der Waals surface area (Å²) in [7, 11) is 0. The zero-order valence-electron chi connectivity index (χ0n) is 23.9. The van der Waals surface area contributed by atoms with Crippen molar-refractivity contribution in [2.24, 2.45) is 0 Å². The summed E-state index contributed by atoms with van der Waals surface area (Å²) in [5.41, 5.74) is 10.9. The fourth-order valence-corrected chi connectivity index (χ4v) is 6.14. The highest BCUT2D eigenvalue weighted by atomic mass is 14.7. The smallest absolute Gasteiger partial charge is 0.0716 e. The molecule has 5 aromatic carbocycles. The lowest BCUT2D eigenvalue weighted by Crippen LogP contribution is -1.93. The summed E-state index contributed by atoms with van der Waals surface area (Å²) in [4.78, 5) is 13.5. The Bertz CT molecular complexity index is 2200. The summed E-state index contributed by atoms with van der Waals surface area (Å²) < 4.78 is 0. The first kappa shape index (κ1) is 25.8. The molecule has 44 heavy (non-hydrogen) atoms. The van der Waals surface area contributed by atoms with Crippen LogP contribution in [0.4, 0.5) is 0 Å². The Morgan fingerprint density at radius 3 is 1.41 bits per heavy atom. The van der Waals surface area contributed by atoms with E-state index in [1.54, 1.807) is 0 Å². The molecule has 0 bridgehead atoms. The van der Waals surface area contributed by atoms with Crippen molar-refractivity contribution in [1.29, 1.82) is 0 Å². The van der Waals surface area contributed by atoms with E-state index in [9.17, 15) is 0 Å². The number of pyridine rings is 3. The summed E-state index contributed by atoms with van der Waals surface area (Å²) in [5, 5.41) is 5.08. The van der Waals surface area contributed by atoms with Crippen molar-refractivity contribution in [1.82, 2.24) is 15.0 Å². The van der Waals surface area contributed by atoms with Crippen LogP contribution in [-0.4, -0.2) is 15.0 Å². The van der Waals surface area contributed by atoms with E-state index >= 15 is 0 Å².